The number of hydrogen-bond acceptors (Lipinski definition) is 3. The van der Waals surface area contributed by atoms with E-state index in [1.54, 1.807) is 7.05 Å². The Kier molecular flexibility index (Phi) is 6.54. The minimum absolute atomic E-state index is 0.0171. The predicted molar refractivity (Wildman–Crippen MR) is 69.0 cm³/mol. The molecule has 0 aliphatic rings. The summed E-state index contributed by atoms with van der Waals surface area (Å²) < 4.78 is 0.962. The van der Waals surface area contributed by atoms with E-state index < -0.39 is 0 Å². The van der Waals surface area contributed by atoms with Crippen LogP contribution in [0.2, 0.25) is 0 Å². The maximum atomic E-state index is 11.8. The van der Waals surface area contributed by atoms with Gasteiger partial charge >= 0.3 is 5.91 Å². The topological polar surface area (TPSA) is 46.2 Å². The SMILES string of the molecule is CC[N+](C)(C)C(=O)CC(=O)C(CI)NC. The van der Waals surface area contributed by atoms with Gasteiger partial charge in [-0.05, 0) is 14.0 Å². The van der Waals surface area contributed by atoms with Crippen LogP contribution in [0.25, 0.3) is 0 Å². The van der Waals surface area contributed by atoms with Crippen molar-refractivity contribution >= 4 is 34.3 Å². The average molecular weight is 327 g/mol. The van der Waals surface area contributed by atoms with Gasteiger partial charge in [0.2, 0.25) is 0 Å². The Morgan fingerprint density at radius 2 is 1.93 bits per heavy atom. The van der Waals surface area contributed by atoms with Crippen LogP contribution in [0, 0.1) is 0 Å². The highest BCUT2D eigenvalue weighted by molar-refractivity contribution is 14.1. The maximum Gasteiger partial charge on any atom is 0.320 e. The minimum Gasteiger partial charge on any atom is -0.310 e. The van der Waals surface area contributed by atoms with E-state index in [0.29, 0.717) is 11.0 Å². The van der Waals surface area contributed by atoms with Crippen molar-refractivity contribution in [2.45, 2.75) is 19.4 Å². The van der Waals surface area contributed by atoms with Gasteiger partial charge < -0.3 is 5.32 Å². The number of hydrogen-bond donors (Lipinski definition) is 1. The quantitative estimate of drug-likeness (QED) is 0.336. The zero-order valence-corrected chi connectivity index (χ0v) is 12.0. The van der Waals surface area contributed by atoms with Gasteiger partial charge in [0.1, 0.15) is 6.42 Å². The normalized spacial score (nSPS) is 13.7. The van der Waals surface area contributed by atoms with Crippen LogP contribution in [0.5, 0.6) is 0 Å². The number of likely N-dealkylation sites (N-methyl/N-ethyl adjacent to an activating group) is 1. The van der Waals surface area contributed by atoms with E-state index in [1.807, 2.05) is 21.0 Å². The van der Waals surface area contributed by atoms with Crippen molar-refractivity contribution in [3.05, 3.63) is 0 Å². The number of rotatable bonds is 6. The minimum atomic E-state index is -0.202. The summed E-state index contributed by atoms with van der Waals surface area (Å²) in [6.07, 6.45) is 0.0232. The van der Waals surface area contributed by atoms with Gasteiger partial charge in [-0.15, -0.1) is 0 Å². The first-order valence-corrected chi connectivity index (χ1v) is 6.54. The van der Waals surface area contributed by atoms with Crippen LogP contribution in [0.4, 0.5) is 0 Å². The maximum absolute atomic E-state index is 11.8. The zero-order valence-electron chi connectivity index (χ0n) is 9.84. The van der Waals surface area contributed by atoms with Crippen LogP contribution in [0.15, 0.2) is 0 Å². The lowest BCUT2D eigenvalue weighted by molar-refractivity contribution is -0.811. The third kappa shape index (κ3) is 4.56. The third-order valence-corrected chi connectivity index (χ3v) is 3.56. The predicted octanol–water partition coefficient (Wildman–Crippen LogP) is 0.591. The fraction of sp³-hybridized carbons (Fsp3) is 0.800. The molecule has 5 heteroatoms. The molecule has 0 aromatic rings. The highest BCUT2D eigenvalue weighted by Gasteiger charge is 2.28. The van der Waals surface area contributed by atoms with Crippen molar-refractivity contribution < 1.29 is 14.1 Å². The molecule has 0 bridgehead atoms. The molecule has 1 N–H and O–H groups in total. The number of Topliss-reactive ketones (excluding diaryl/α,β-unsaturated/α-hetero) is 1. The number of ketones is 1. The fourth-order valence-corrected chi connectivity index (χ4v) is 1.92. The molecule has 0 saturated heterocycles. The van der Waals surface area contributed by atoms with Gasteiger partial charge in [0.05, 0.1) is 26.7 Å². The molecule has 15 heavy (non-hydrogen) atoms. The Hall–Kier alpha value is -0.01000. The molecule has 0 rings (SSSR count). The van der Waals surface area contributed by atoms with Crippen LogP contribution in [-0.2, 0) is 9.59 Å². The molecule has 0 aromatic heterocycles. The highest BCUT2D eigenvalue weighted by atomic mass is 127. The summed E-state index contributed by atoms with van der Waals surface area (Å²) in [7, 11) is 5.40. The molecule has 88 valence electrons. The molecule has 0 spiro atoms. The first-order chi connectivity index (χ1) is 6.88. The highest BCUT2D eigenvalue weighted by Crippen LogP contribution is 2.05. The molecule has 0 radical (unpaired) electrons. The van der Waals surface area contributed by atoms with Crippen LogP contribution in [-0.4, -0.2) is 54.3 Å². The Bertz CT molecular complexity index is 238. The smallest absolute Gasteiger partial charge is 0.310 e. The number of quaternary nitrogens is 1. The zero-order chi connectivity index (χ0) is 12.1. The van der Waals surface area contributed by atoms with E-state index >= 15 is 0 Å². The first-order valence-electron chi connectivity index (χ1n) is 5.01. The summed E-state index contributed by atoms with van der Waals surface area (Å²) in [4.78, 5) is 23.4. The molecule has 0 aliphatic carbocycles. The average Bonchev–Trinajstić information content (AvgIpc) is 2.19. The standard InChI is InChI=1S/C10H20IN2O2/c1-5-13(3,4)10(15)6-9(14)8(7-11)12-2/h8,12H,5-7H2,1-4H3/q+1. The van der Waals surface area contributed by atoms with Gasteiger partial charge in [-0.2, -0.15) is 0 Å². The van der Waals surface area contributed by atoms with Crippen LogP contribution in [0.3, 0.4) is 0 Å². The number of carbonyl (C=O) groups excluding carboxylic acids is 2. The van der Waals surface area contributed by atoms with Gasteiger partial charge in [-0.25, -0.2) is 4.79 Å². The lowest BCUT2D eigenvalue weighted by Gasteiger charge is -2.25. The van der Waals surface area contributed by atoms with Gasteiger partial charge in [-0.1, -0.05) is 22.6 Å². The van der Waals surface area contributed by atoms with Crippen molar-refractivity contribution in [3.8, 4) is 0 Å². The summed E-state index contributed by atoms with van der Waals surface area (Å²) in [5.41, 5.74) is 0. The van der Waals surface area contributed by atoms with Crippen LogP contribution < -0.4 is 5.32 Å². The molecule has 0 heterocycles. The summed E-state index contributed by atoms with van der Waals surface area (Å²) in [6, 6.07) is -0.202. The fourth-order valence-electron chi connectivity index (χ4n) is 0.987. The summed E-state index contributed by atoms with van der Waals surface area (Å²) >= 11 is 2.14. The molecule has 0 fully saturated rings. The van der Waals surface area contributed by atoms with E-state index in [1.165, 1.54) is 0 Å². The van der Waals surface area contributed by atoms with Crippen molar-refractivity contribution in [2.24, 2.45) is 0 Å². The van der Waals surface area contributed by atoms with Crippen molar-refractivity contribution in [1.82, 2.24) is 5.32 Å². The van der Waals surface area contributed by atoms with E-state index in [-0.39, 0.29) is 28.6 Å². The van der Waals surface area contributed by atoms with Crippen molar-refractivity contribution in [1.29, 1.82) is 0 Å². The first kappa shape index (κ1) is 15.0. The molecular formula is C10H20IN2O2+. The van der Waals surface area contributed by atoms with Gasteiger partial charge in [0, 0.05) is 4.43 Å². The van der Waals surface area contributed by atoms with Gasteiger partial charge in [0.15, 0.2) is 5.78 Å². The van der Waals surface area contributed by atoms with E-state index in [0.717, 1.165) is 0 Å². The molecule has 1 amide bonds. The Labute approximate surface area is 105 Å². The van der Waals surface area contributed by atoms with E-state index in [9.17, 15) is 9.59 Å². The summed E-state index contributed by atoms with van der Waals surface area (Å²) in [5.74, 6) is -0.0378. The monoisotopic (exact) mass is 327 g/mol. The molecule has 1 unspecified atom stereocenters. The van der Waals surface area contributed by atoms with E-state index in [4.69, 9.17) is 0 Å². The molecule has 1 atom stereocenters. The molecule has 0 saturated carbocycles. The lowest BCUT2D eigenvalue weighted by Crippen LogP contribution is -2.48. The number of alkyl halides is 1. The molecule has 4 nitrogen and oxygen atoms in total. The van der Waals surface area contributed by atoms with Crippen LogP contribution in [0.1, 0.15) is 13.3 Å². The number of nitrogens with zero attached hydrogens (tertiary/aromatic N) is 1. The number of amides is 1. The Balaban J connectivity index is 4.36. The second kappa shape index (κ2) is 6.55. The lowest BCUT2D eigenvalue weighted by atomic mass is 10.1. The van der Waals surface area contributed by atoms with Gasteiger partial charge in [-0.3, -0.25) is 9.28 Å². The van der Waals surface area contributed by atoms with Crippen LogP contribution >= 0.6 is 22.6 Å². The van der Waals surface area contributed by atoms with Gasteiger partial charge in [0.25, 0.3) is 0 Å². The second-order valence-corrected chi connectivity index (χ2v) is 4.91. The Morgan fingerprint density at radius 3 is 2.27 bits per heavy atom. The molecular weight excluding hydrogens is 307 g/mol. The number of halogens is 1. The largest absolute Gasteiger partial charge is 0.320 e. The number of nitrogens with one attached hydrogen (secondary N) is 1. The third-order valence-electron chi connectivity index (χ3n) is 2.68. The molecule has 0 aromatic carbocycles. The summed E-state index contributed by atoms with van der Waals surface area (Å²) in [5, 5.41) is 2.91. The molecule has 0 aliphatic heterocycles. The number of carbonyl (C=O) groups is 2. The Morgan fingerprint density at radius 1 is 1.40 bits per heavy atom. The summed E-state index contributed by atoms with van der Waals surface area (Å²) in [6.45, 7) is 2.65. The van der Waals surface area contributed by atoms with E-state index in [2.05, 4.69) is 27.9 Å². The van der Waals surface area contributed by atoms with Crippen molar-refractivity contribution in [2.75, 3.05) is 32.1 Å². The van der Waals surface area contributed by atoms with Crippen molar-refractivity contribution in [3.63, 3.8) is 0 Å². The second-order valence-electron chi connectivity index (χ2n) is 4.03.